The summed E-state index contributed by atoms with van der Waals surface area (Å²) >= 11 is 0. The highest BCUT2D eigenvalue weighted by molar-refractivity contribution is 6.37. The zero-order valence-corrected chi connectivity index (χ0v) is 7.62. The van der Waals surface area contributed by atoms with Gasteiger partial charge in [0.15, 0.2) is 0 Å². The number of amides is 1. The maximum atomic E-state index is 11.3. The molecule has 0 aromatic rings. The van der Waals surface area contributed by atoms with Gasteiger partial charge in [-0.1, -0.05) is 6.92 Å². The molecule has 0 saturated carbocycles. The Hall–Kier alpha value is -1.37. The topological polar surface area (TPSA) is 61.2 Å². The first-order valence-corrected chi connectivity index (χ1v) is 4.43. The van der Waals surface area contributed by atoms with E-state index in [0.29, 0.717) is 19.5 Å². The first-order chi connectivity index (χ1) is 6.20. The van der Waals surface area contributed by atoms with Crippen molar-refractivity contribution in [2.24, 2.45) is 5.92 Å². The minimum absolute atomic E-state index is 0.486. The van der Waals surface area contributed by atoms with Gasteiger partial charge in [0.05, 0.1) is 6.07 Å². The number of rotatable bonds is 2. The summed E-state index contributed by atoms with van der Waals surface area (Å²) < 4.78 is 0. The summed E-state index contributed by atoms with van der Waals surface area (Å²) in [4.78, 5) is 24.1. The predicted octanol–water partition coefficient (Wildman–Crippen LogP) is 0.338. The van der Waals surface area contributed by atoms with E-state index in [2.05, 4.69) is 0 Å². The van der Waals surface area contributed by atoms with Crippen molar-refractivity contribution >= 4 is 11.7 Å². The van der Waals surface area contributed by atoms with Gasteiger partial charge in [-0.2, -0.15) is 5.26 Å². The Morgan fingerprint density at radius 2 is 2.31 bits per heavy atom. The second-order valence-electron chi connectivity index (χ2n) is 3.13. The van der Waals surface area contributed by atoms with Crippen molar-refractivity contribution in [3.63, 3.8) is 0 Å². The number of Topliss-reactive ketones (excluding diaryl/α,β-unsaturated/α-hetero) is 1. The Bertz CT molecular complexity index is 267. The van der Waals surface area contributed by atoms with Gasteiger partial charge in [0.1, 0.15) is 5.92 Å². The van der Waals surface area contributed by atoms with Gasteiger partial charge in [0, 0.05) is 13.1 Å². The van der Waals surface area contributed by atoms with E-state index in [-0.39, 0.29) is 0 Å². The number of hydrogen-bond acceptors (Lipinski definition) is 3. The van der Waals surface area contributed by atoms with Crippen molar-refractivity contribution in [3.8, 4) is 6.07 Å². The Morgan fingerprint density at radius 3 is 2.85 bits per heavy atom. The molecule has 1 rings (SSSR count). The number of nitriles is 1. The minimum Gasteiger partial charge on any atom is -0.336 e. The molecule has 1 saturated heterocycles. The second-order valence-corrected chi connectivity index (χ2v) is 3.13. The lowest BCUT2D eigenvalue weighted by molar-refractivity contribution is -0.148. The molecule has 1 aliphatic rings. The molecule has 0 radical (unpaired) electrons. The smallest absolute Gasteiger partial charge is 0.291 e. The van der Waals surface area contributed by atoms with Gasteiger partial charge >= 0.3 is 0 Å². The summed E-state index contributed by atoms with van der Waals surface area (Å²) in [5, 5.41) is 8.55. The van der Waals surface area contributed by atoms with Crippen LogP contribution in [0.1, 0.15) is 19.8 Å². The molecule has 1 fully saturated rings. The number of ketones is 1. The highest BCUT2D eigenvalue weighted by Crippen LogP contribution is 2.14. The first kappa shape index (κ1) is 9.72. The van der Waals surface area contributed by atoms with Crippen LogP contribution in [0.25, 0.3) is 0 Å². The average molecular weight is 180 g/mol. The van der Waals surface area contributed by atoms with Crippen LogP contribution < -0.4 is 0 Å². The molecule has 70 valence electrons. The summed E-state index contributed by atoms with van der Waals surface area (Å²) in [6, 6.07) is 1.85. The van der Waals surface area contributed by atoms with Crippen molar-refractivity contribution in [1.29, 1.82) is 5.26 Å². The van der Waals surface area contributed by atoms with Gasteiger partial charge in [-0.25, -0.2) is 0 Å². The average Bonchev–Trinajstić information content (AvgIpc) is 2.14. The van der Waals surface area contributed by atoms with Gasteiger partial charge in [-0.15, -0.1) is 0 Å². The number of carbonyl (C=O) groups excluding carboxylic acids is 2. The van der Waals surface area contributed by atoms with Gasteiger partial charge in [-0.3, -0.25) is 9.59 Å². The summed E-state index contributed by atoms with van der Waals surface area (Å²) in [6.45, 7) is 3.10. The lowest BCUT2D eigenvalue weighted by Gasteiger charge is -2.27. The molecule has 0 spiro atoms. The van der Waals surface area contributed by atoms with Crippen LogP contribution in [0.5, 0.6) is 0 Å². The number of carbonyl (C=O) groups is 2. The molecular formula is C9H12N2O2. The molecular weight excluding hydrogens is 168 g/mol. The van der Waals surface area contributed by atoms with E-state index < -0.39 is 17.6 Å². The summed E-state index contributed by atoms with van der Waals surface area (Å²) in [5.41, 5.74) is 0. The number of likely N-dealkylation sites (tertiary alicyclic amines) is 1. The molecule has 1 aliphatic heterocycles. The van der Waals surface area contributed by atoms with E-state index in [4.69, 9.17) is 5.26 Å². The quantitative estimate of drug-likeness (QED) is 0.575. The monoisotopic (exact) mass is 180 g/mol. The van der Waals surface area contributed by atoms with Crippen LogP contribution in [0.2, 0.25) is 0 Å². The standard InChI is InChI=1S/C9H12N2O2/c1-2-4-11-5-3-7(6-10)8(12)9(11)13/h7H,2-5H2,1H3/t7-/m1/s1. The lowest BCUT2D eigenvalue weighted by Crippen LogP contribution is -2.45. The van der Waals surface area contributed by atoms with Crippen molar-refractivity contribution in [2.45, 2.75) is 19.8 Å². The Labute approximate surface area is 77.1 Å². The van der Waals surface area contributed by atoms with Crippen LogP contribution in [-0.4, -0.2) is 29.7 Å². The largest absolute Gasteiger partial charge is 0.336 e. The molecule has 1 heterocycles. The van der Waals surface area contributed by atoms with E-state index in [1.54, 1.807) is 0 Å². The Balaban J connectivity index is 2.66. The third kappa shape index (κ3) is 1.86. The maximum absolute atomic E-state index is 11.3. The molecule has 1 amide bonds. The minimum atomic E-state index is -0.708. The van der Waals surface area contributed by atoms with E-state index in [9.17, 15) is 9.59 Å². The van der Waals surface area contributed by atoms with Gasteiger partial charge in [0.2, 0.25) is 5.78 Å². The molecule has 4 nitrogen and oxygen atoms in total. The molecule has 0 bridgehead atoms. The fourth-order valence-corrected chi connectivity index (χ4v) is 1.43. The van der Waals surface area contributed by atoms with Crippen LogP contribution in [0, 0.1) is 17.2 Å². The van der Waals surface area contributed by atoms with Crippen molar-refractivity contribution in [1.82, 2.24) is 4.90 Å². The lowest BCUT2D eigenvalue weighted by atomic mass is 9.96. The number of hydrogen-bond donors (Lipinski definition) is 0. The predicted molar refractivity (Wildman–Crippen MR) is 45.6 cm³/mol. The zero-order valence-electron chi connectivity index (χ0n) is 7.62. The molecule has 1 atom stereocenters. The van der Waals surface area contributed by atoms with E-state index >= 15 is 0 Å². The van der Waals surface area contributed by atoms with Gasteiger partial charge < -0.3 is 4.90 Å². The molecule has 0 N–H and O–H groups in total. The van der Waals surface area contributed by atoms with Crippen LogP contribution in [0.4, 0.5) is 0 Å². The highest BCUT2D eigenvalue weighted by atomic mass is 16.2. The third-order valence-corrected chi connectivity index (χ3v) is 2.15. The van der Waals surface area contributed by atoms with Crippen molar-refractivity contribution in [3.05, 3.63) is 0 Å². The Morgan fingerprint density at radius 1 is 1.62 bits per heavy atom. The highest BCUT2D eigenvalue weighted by Gasteiger charge is 2.33. The SMILES string of the molecule is CCCN1CC[C@H](C#N)C(=O)C1=O. The van der Waals surface area contributed by atoms with E-state index in [1.165, 1.54) is 4.90 Å². The van der Waals surface area contributed by atoms with E-state index in [1.807, 2.05) is 13.0 Å². The first-order valence-electron chi connectivity index (χ1n) is 4.43. The molecule has 13 heavy (non-hydrogen) atoms. The normalized spacial score (nSPS) is 23.1. The zero-order chi connectivity index (χ0) is 9.84. The van der Waals surface area contributed by atoms with Crippen LogP contribution in [0.3, 0.4) is 0 Å². The fourth-order valence-electron chi connectivity index (χ4n) is 1.43. The Kier molecular flexibility index (Phi) is 3.02. The van der Waals surface area contributed by atoms with Crippen molar-refractivity contribution < 1.29 is 9.59 Å². The number of piperidine rings is 1. The molecule has 4 heteroatoms. The van der Waals surface area contributed by atoms with E-state index in [0.717, 1.165) is 6.42 Å². The summed E-state index contributed by atoms with van der Waals surface area (Å²) in [7, 11) is 0. The molecule has 0 aliphatic carbocycles. The fraction of sp³-hybridized carbons (Fsp3) is 0.667. The third-order valence-electron chi connectivity index (χ3n) is 2.15. The van der Waals surface area contributed by atoms with Crippen LogP contribution >= 0.6 is 0 Å². The van der Waals surface area contributed by atoms with Crippen LogP contribution in [-0.2, 0) is 9.59 Å². The molecule has 0 aromatic carbocycles. The molecule has 0 aromatic heterocycles. The maximum Gasteiger partial charge on any atom is 0.291 e. The second kappa shape index (κ2) is 4.04. The summed E-state index contributed by atoms with van der Waals surface area (Å²) in [6.07, 6.45) is 1.33. The number of nitrogens with zero attached hydrogens (tertiary/aromatic N) is 2. The van der Waals surface area contributed by atoms with Crippen LogP contribution in [0.15, 0.2) is 0 Å². The summed E-state index contributed by atoms with van der Waals surface area (Å²) in [5.74, 6) is -1.73. The molecule has 0 unspecified atom stereocenters. The van der Waals surface area contributed by atoms with Crippen molar-refractivity contribution in [2.75, 3.05) is 13.1 Å². The van der Waals surface area contributed by atoms with Gasteiger partial charge in [-0.05, 0) is 12.8 Å². The van der Waals surface area contributed by atoms with Gasteiger partial charge in [0.25, 0.3) is 5.91 Å².